The number of ether oxygens (including phenoxy) is 1. The lowest BCUT2D eigenvalue weighted by molar-refractivity contribution is -0.118. The van der Waals surface area contributed by atoms with Gasteiger partial charge in [-0.2, -0.15) is 0 Å². The van der Waals surface area contributed by atoms with Gasteiger partial charge in [0.2, 0.25) is 5.91 Å². The number of hydrogen-bond donors (Lipinski definition) is 5. The van der Waals surface area contributed by atoms with Gasteiger partial charge >= 0.3 is 12.1 Å². The number of benzene rings is 3. The summed E-state index contributed by atoms with van der Waals surface area (Å²) in [6, 6.07) is 21.2. The number of fused-ring (bicyclic) bond motifs is 3. The van der Waals surface area contributed by atoms with Gasteiger partial charge in [-0.1, -0.05) is 60.7 Å². The number of hydrogen-bond acceptors (Lipinski definition) is 5. The molecule has 37 heavy (non-hydrogen) atoms. The Balaban J connectivity index is 1.40. The van der Waals surface area contributed by atoms with Crippen molar-refractivity contribution in [1.82, 2.24) is 10.6 Å². The number of rotatable bonds is 10. The lowest BCUT2D eigenvalue weighted by atomic mass is 9.98. The van der Waals surface area contributed by atoms with Crippen LogP contribution in [0.25, 0.3) is 11.1 Å². The fourth-order valence-electron chi connectivity index (χ4n) is 4.49. The van der Waals surface area contributed by atoms with Gasteiger partial charge in [0.1, 0.15) is 12.6 Å². The number of urea groups is 1. The highest BCUT2D eigenvalue weighted by Gasteiger charge is 2.29. The van der Waals surface area contributed by atoms with E-state index in [1.165, 1.54) is 0 Å². The largest absolute Gasteiger partial charge is 0.449 e. The summed E-state index contributed by atoms with van der Waals surface area (Å²) in [6.07, 6.45) is -0.0420. The number of carbonyl (C=O) groups is 3. The average Bonchev–Trinajstić information content (AvgIpc) is 3.23. The maximum atomic E-state index is 13.0. The summed E-state index contributed by atoms with van der Waals surface area (Å²) in [4.78, 5) is 36.7. The molecule has 0 spiro atoms. The second-order valence-corrected chi connectivity index (χ2v) is 8.80. The van der Waals surface area contributed by atoms with E-state index >= 15 is 0 Å². The first kappa shape index (κ1) is 25.7. The fraction of sp³-hybridized carbons (Fsp3) is 0.250. The second kappa shape index (κ2) is 12.0. The Morgan fingerprint density at radius 1 is 0.919 bits per heavy atom. The Morgan fingerprint density at radius 2 is 1.54 bits per heavy atom. The molecule has 0 fully saturated rings. The molecule has 0 saturated heterocycles. The minimum absolute atomic E-state index is 0.102. The lowest BCUT2D eigenvalue weighted by Crippen LogP contribution is -2.44. The molecule has 9 heteroatoms. The summed E-state index contributed by atoms with van der Waals surface area (Å²) in [6.45, 7) is 0.282. The van der Waals surface area contributed by atoms with Gasteiger partial charge in [0.05, 0.1) is 6.61 Å². The highest BCUT2D eigenvalue weighted by molar-refractivity contribution is 5.96. The minimum atomic E-state index is -0.900. The van der Waals surface area contributed by atoms with E-state index in [1.807, 2.05) is 36.4 Å². The number of aliphatic hydroxyl groups excluding tert-OH is 1. The molecule has 3 aromatic carbocycles. The monoisotopic (exact) mass is 502 g/mol. The van der Waals surface area contributed by atoms with Gasteiger partial charge in [0, 0.05) is 18.2 Å². The molecule has 192 valence electrons. The van der Waals surface area contributed by atoms with Gasteiger partial charge < -0.3 is 31.5 Å². The van der Waals surface area contributed by atoms with Gasteiger partial charge in [-0.25, -0.2) is 9.59 Å². The number of anilines is 1. The van der Waals surface area contributed by atoms with Crippen LogP contribution < -0.4 is 21.7 Å². The van der Waals surface area contributed by atoms with E-state index in [0.29, 0.717) is 17.7 Å². The van der Waals surface area contributed by atoms with Crippen molar-refractivity contribution < 1.29 is 24.2 Å². The zero-order chi connectivity index (χ0) is 26.2. The maximum absolute atomic E-state index is 13.0. The molecule has 0 unspecified atom stereocenters. The Bertz CT molecular complexity index is 1220. The molecule has 4 amide bonds. The van der Waals surface area contributed by atoms with Gasteiger partial charge in [-0.15, -0.1) is 0 Å². The first-order chi connectivity index (χ1) is 18.0. The highest BCUT2D eigenvalue weighted by atomic mass is 16.5. The Hall–Kier alpha value is -4.37. The predicted octanol–water partition coefficient (Wildman–Crippen LogP) is 3.47. The third-order valence-electron chi connectivity index (χ3n) is 6.33. The Labute approximate surface area is 215 Å². The summed E-state index contributed by atoms with van der Waals surface area (Å²) in [7, 11) is 0. The summed E-state index contributed by atoms with van der Waals surface area (Å²) in [5.74, 6) is -0.528. The summed E-state index contributed by atoms with van der Waals surface area (Å²) < 4.78 is 5.60. The quantitative estimate of drug-likeness (QED) is 0.270. The molecule has 1 atom stereocenters. The summed E-state index contributed by atoms with van der Waals surface area (Å²) >= 11 is 0. The predicted molar refractivity (Wildman–Crippen MR) is 140 cm³/mol. The average molecular weight is 503 g/mol. The molecule has 0 saturated carbocycles. The number of nitrogens with two attached hydrogens (primary N) is 1. The van der Waals surface area contributed by atoms with Crippen molar-refractivity contribution in [2.45, 2.75) is 31.4 Å². The van der Waals surface area contributed by atoms with E-state index in [-0.39, 0.29) is 32.1 Å². The number of alkyl carbamates (subject to hydrolysis) is 1. The van der Waals surface area contributed by atoms with Crippen LogP contribution in [-0.2, 0) is 16.1 Å². The molecule has 1 aliphatic carbocycles. The molecule has 3 aromatic rings. The molecule has 0 aromatic heterocycles. The Morgan fingerprint density at radius 3 is 2.14 bits per heavy atom. The van der Waals surface area contributed by atoms with E-state index in [1.54, 1.807) is 24.3 Å². The third-order valence-corrected chi connectivity index (χ3v) is 6.33. The molecular formula is C28H30N4O5. The smallest absolute Gasteiger partial charge is 0.407 e. The van der Waals surface area contributed by atoms with Crippen LogP contribution >= 0.6 is 0 Å². The second-order valence-electron chi connectivity index (χ2n) is 8.80. The van der Waals surface area contributed by atoms with Crippen molar-refractivity contribution >= 4 is 23.7 Å². The number of nitrogens with one attached hydrogen (secondary N) is 3. The standard InChI is InChI=1S/C28H30N4O5/c29-27(35)30-15-5-10-25(26(34)31-19-13-11-18(16-33)12-14-19)32-28(36)37-17-24-22-8-3-1-6-20(22)21-7-2-4-9-23(21)24/h1-4,6-9,11-14,24-25,33H,5,10,15-17H2,(H,31,34)(H,32,36)(H3,29,30,35)/t25-/m0/s1. The first-order valence-corrected chi connectivity index (χ1v) is 12.1. The minimum Gasteiger partial charge on any atom is -0.449 e. The van der Waals surface area contributed by atoms with Crippen LogP contribution in [-0.4, -0.2) is 42.3 Å². The van der Waals surface area contributed by atoms with Gasteiger partial charge in [-0.05, 0) is 52.8 Å². The van der Waals surface area contributed by atoms with Crippen molar-refractivity contribution in [3.63, 3.8) is 0 Å². The normalized spacial score (nSPS) is 12.7. The molecular weight excluding hydrogens is 472 g/mol. The van der Waals surface area contributed by atoms with Crippen LogP contribution in [0.3, 0.4) is 0 Å². The van der Waals surface area contributed by atoms with Gasteiger partial charge in [0.15, 0.2) is 0 Å². The zero-order valence-corrected chi connectivity index (χ0v) is 20.3. The SMILES string of the molecule is NC(=O)NCCC[C@H](NC(=O)OCC1c2ccccc2-c2ccccc21)C(=O)Nc1ccc(CO)cc1. The van der Waals surface area contributed by atoms with E-state index < -0.39 is 24.1 Å². The molecule has 0 radical (unpaired) electrons. The van der Waals surface area contributed by atoms with E-state index in [0.717, 1.165) is 22.3 Å². The Kier molecular flexibility index (Phi) is 8.37. The van der Waals surface area contributed by atoms with Crippen LogP contribution in [0.5, 0.6) is 0 Å². The zero-order valence-electron chi connectivity index (χ0n) is 20.3. The van der Waals surface area contributed by atoms with Gasteiger partial charge in [0.25, 0.3) is 0 Å². The van der Waals surface area contributed by atoms with Crippen LogP contribution in [0.15, 0.2) is 72.8 Å². The van der Waals surface area contributed by atoms with Crippen molar-refractivity contribution in [2.24, 2.45) is 5.73 Å². The lowest BCUT2D eigenvalue weighted by Gasteiger charge is -2.20. The number of primary amides is 1. The van der Waals surface area contributed by atoms with E-state index in [2.05, 4.69) is 28.1 Å². The van der Waals surface area contributed by atoms with E-state index in [4.69, 9.17) is 10.5 Å². The van der Waals surface area contributed by atoms with Gasteiger partial charge in [-0.3, -0.25) is 4.79 Å². The number of carbonyl (C=O) groups excluding carboxylic acids is 3. The van der Waals surface area contributed by atoms with E-state index in [9.17, 15) is 19.5 Å². The third kappa shape index (κ3) is 6.45. The molecule has 6 N–H and O–H groups in total. The molecule has 0 heterocycles. The van der Waals surface area contributed by atoms with Crippen molar-refractivity contribution in [2.75, 3.05) is 18.5 Å². The van der Waals surface area contributed by atoms with Crippen LogP contribution in [0.1, 0.15) is 35.4 Å². The molecule has 9 nitrogen and oxygen atoms in total. The van der Waals surface area contributed by atoms with Crippen LogP contribution in [0.4, 0.5) is 15.3 Å². The van der Waals surface area contributed by atoms with Crippen LogP contribution in [0, 0.1) is 0 Å². The fourth-order valence-corrected chi connectivity index (χ4v) is 4.49. The molecule has 0 bridgehead atoms. The summed E-state index contributed by atoms with van der Waals surface area (Å²) in [5.41, 5.74) is 10.8. The first-order valence-electron chi connectivity index (χ1n) is 12.1. The number of aliphatic hydroxyl groups is 1. The van der Waals surface area contributed by atoms with Crippen molar-refractivity contribution in [3.05, 3.63) is 89.5 Å². The highest BCUT2D eigenvalue weighted by Crippen LogP contribution is 2.44. The summed E-state index contributed by atoms with van der Waals surface area (Å²) in [5, 5.41) is 17.1. The molecule has 4 rings (SSSR count). The van der Waals surface area contributed by atoms with Crippen LogP contribution in [0.2, 0.25) is 0 Å². The topological polar surface area (TPSA) is 143 Å². The number of amides is 4. The maximum Gasteiger partial charge on any atom is 0.407 e. The molecule has 0 aliphatic heterocycles. The van der Waals surface area contributed by atoms with Crippen molar-refractivity contribution in [3.8, 4) is 11.1 Å². The van der Waals surface area contributed by atoms with Crippen molar-refractivity contribution in [1.29, 1.82) is 0 Å². The molecule has 1 aliphatic rings.